The maximum absolute atomic E-state index is 12.6. The Balaban J connectivity index is 1.61. The summed E-state index contributed by atoms with van der Waals surface area (Å²) in [7, 11) is 0. The summed E-state index contributed by atoms with van der Waals surface area (Å²) in [5.74, 6) is -1.09. The Bertz CT molecular complexity index is 457. The molecule has 0 aliphatic heterocycles. The zero-order chi connectivity index (χ0) is 13.7. The Morgan fingerprint density at radius 2 is 1.89 bits per heavy atom. The van der Waals surface area contributed by atoms with Crippen LogP contribution in [0.3, 0.4) is 0 Å². The Morgan fingerprint density at radius 3 is 2.53 bits per heavy atom. The van der Waals surface area contributed by atoms with Crippen molar-refractivity contribution in [3.63, 3.8) is 0 Å². The van der Waals surface area contributed by atoms with Gasteiger partial charge in [-0.05, 0) is 37.1 Å². The van der Waals surface area contributed by atoms with Gasteiger partial charge in [0.05, 0.1) is 6.54 Å². The van der Waals surface area contributed by atoms with Crippen molar-refractivity contribution in [2.24, 2.45) is 0 Å². The molecule has 1 aromatic rings. The molecule has 0 aromatic heterocycles. The second kappa shape index (κ2) is 6.17. The first kappa shape index (κ1) is 13.3. The van der Waals surface area contributed by atoms with E-state index in [4.69, 9.17) is 4.74 Å². The number of rotatable bonds is 5. The van der Waals surface area contributed by atoms with Crippen LogP contribution in [0.25, 0.3) is 0 Å². The van der Waals surface area contributed by atoms with Gasteiger partial charge in [0.2, 0.25) is 0 Å². The molecule has 19 heavy (non-hydrogen) atoms. The molecule has 5 nitrogen and oxygen atoms in total. The average Bonchev–Trinajstić information content (AvgIpc) is 3.20. The molecule has 0 spiro atoms. The van der Waals surface area contributed by atoms with Gasteiger partial charge in [0.1, 0.15) is 18.2 Å². The highest BCUT2D eigenvalue weighted by Gasteiger charge is 2.26. The van der Waals surface area contributed by atoms with Gasteiger partial charge in [-0.15, -0.1) is 0 Å². The molecule has 0 atom stereocenters. The molecular formula is C13H15FN2O3. The van der Waals surface area contributed by atoms with E-state index in [-0.39, 0.29) is 25.0 Å². The van der Waals surface area contributed by atoms with Crippen molar-refractivity contribution in [2.75, 3.05) is 13.2 Å². The summed E-state index contributed by atoms with van der Waals surface area (Å²) in [4.78, 5) is 22.6. The largest absolute Gasteiger partial charge is 0.492 e. The van der Waals surface area contributed by atoms with Gasteiger partial charge >= 0.3 is 11.8 Å². The normalized spacial score (nSPS) is 13.7. The molecule has 2 N–H and O–H groups in total. The number of ether oxygens (including phenoxy) is 1. The summed E-state index contributed by atoms with van der Waals surface area (Å²) in [5, 5.41) is 5.03. The van der Waals surface area contributed by atoms with Crippen molar-refractivity contribution in [1.82, 2.24) is 10.6 Å². The van der Waals surface area contributed by atoms with E-state index in [2.05, 4.69) is 10.6 Å². The van der Waals surface area contributed by atoms with Crippen LogP contribution in [0.1, 0.15) is 12.8 Å². The zero-order valence-electron chi connectivity index (χ0n) is 10.3. The molecule has 0 saturated heterocycles. The third-order valence-electron chi connectivity index (χ3n) is 2.59. The second-order valence-electron chi connectivity index (χ2n) is 4.31. The number of benzene rings is 1. The topological polar surface area (TPSA) is 67.4 Å². The van der Waals surface area contributed by atoms with Gasteiger partial charge in [-0.3, -0.25) is 9.59 Å². The molecule has 2 rings (SSSR count). The molecule has 2 amide bonds. The summed E-state index contributed by atoms with van der Waals surface area (Å²) in [6.45, 7) is 0.433. The Labute approximate surface area is 110 Å². The van der Waals surface area contributed by atoms with Crippen LogP contribution in [0.2, 0.25) is 0 Å². The number of amides is 2. The van der Waals surface area contributed by atoms with E-state index in [9.17, 15) is 14.0 Å². The fraction of sp³-hybridized carbons (Fsp3) is 0.385. The second-order valence-corrected chi connectivity index (χ2v) is 4.31. The lowest BCUT2D eigenvalue weighted by molar-refractivity contribution is -0.139. The van der Waals surface area contributed by atoms with Gasteiger partial charge in [0.15, 0.2) is 0 Å². The Kier molecular flexibility index (Phi) is 4.33. The minimum absolute atomic E-state index is 0.161. The van der Waals surface area contributed by atoms with Crippen molar-refractivity contribution >= 4 is 11.8 Å². The van der Waals surface area contributed by atoms with Crippen LogP contribution >= 0.6 is 0 Å². The predicted octanol–water partition coefficient (Wildman–Crippen LogP) is 0.599. The average molecular weight is 266 g/mol. The summed E-state index contributed by atoms with van der Waals surface area (Å²) >= 11 is 0. The van der Waals surface area contributed by atoms with Crippen molar-refractivity contribution < 1.29 is 18.7 Å². The van der Waals surface area contributed by atoms with Crippen LogP contribution in [0.4, 0.5) is 4.39 Å². The number of carbonyl (C=O) groups is 2. The van der Waals surface area contributed by atoms with E-state index in [0.717, 1.165) is 12.8 Å². The third kappa shape index (κ3) is 4.57. The standard InChI is InChI=1S/C13H15FN2O3/c14-9-1-5-11(6-2-9)19-8-7-15-12(17)13(18)16-10-3-4-10/h1-2,5-6,10H,3-4,7-8H2,(H,15,17)(H,16,18). The van der Waals surface area contributed by atoms with Gasteiger partial charge in [-0.25, -0.2) is 4.39 Å². The number of nitrogens with one attached hydrogen (secondary N) is 2. The van der Waals surface area contributed by atoms with Gasteiger partial charge in [-0.1, -0.05) is 0 Å². The lowest BCUT2D eigenvalue weighted by atomic mass is 10.3. The minimum atomic E-state index is -0.658. The first-order valence-electron chi connectivity index (χ1n) is 6.12. The molecule has 0 radical (unpaired) electrons. The van der Waals surface area contributed by atoms with E-state index in [0.29, 0.717) is 5.75 Å². The van der Waals surface area contributed by atoms with E-state index in [1.165, 1.54) is 24.3 Å². The Morgan fingerprint density at radius 1 is 1.21 bits per heavy atom. The molecule has 1 aliphatic rings. The van der Waals surface area contributed by atoms with Crippen LogP contribution in [-0.2, 0) is 9.59 Å². The summed E-state index contributed by atoms with van der Waals surface area (Å²) in [6.07, 6.45) is 1.87. The van der Waals surface area contributed by atoms with E-state index in [1.807, 2.05) is 0 Å². The van der Waals surface area contributed by atoms with Crippen LogP contribution in [0.15, 0.2) is 24.3 Å². The van der Waals surface area contributed by atoms with Crippen molar-refractivity contribution in [3.05, 3.63) is 30.1 Å². The lowest BCUT2D eigenvalue weighted by Gasteiger charge is -2.07. The maximum Gasteiger partial charge on any atom is 0.309 e. The molecule has 0 unspecified atom stereocenters. The molecule has 6 heteroatoms. The van der Waals surface area contributed by atoms with Gasteiger partial charge < -0.3 is 15.4 Å². The lowest BCUT2D eigenvalue weighted by Crippen LogP contribution is -2.42. The molecule has 1 aliphatic carbocycles. The fourth-order valence-corrected chi connectivity index (χ4v) is 1.42. The summed E-state index contributed by atoms with van der Waals surface area (Å²) < 4.78 is 17.9. The van der Waals surface area contributed by atoms with E-state index >= 15 is 0 Å². The predicted molar refractivity (Wildman–Crippen MR) is 66.1 cm³/mol. The molecular weight excluding hydrogens is 251 g/mol. The number of hydrogen-bond donors (Lipinski definition) is 2. The summed E-state index contributed by atoms with van der Waals surface area (Å²) in [5.41, 5.74) is 0. The molecule has 1 aromatic carbocycles. The third-order valence-corrected chi connectivity index (χ3v) is 2.59. The Hall–Kier alpha value is -2.11. The highest BCUT2D eigenvalue weighted by molar-refractivity contribution is 6.35. The number of hydrogen-bond acceptors (Lipinski definition) is 3. The molecule has 0 heterocycles. The molecule has 1 saturated carbocycles. The summed E-state index contributed by atoms with van der Waals surface area (Å²) in [6, 6.07) is 5.73. The number of carbonyl (C=O) groups excluding carboxylic acids is 2. The van der Waals surface area contributed by atoms with Gasteiger partial charge in [0, 0.05) is 6.04 Å². The first-order chi connectivity index (χ1) is 9.15. The monoisotopic (exact) mass is 266 g/mol. The van der Waals surface area contributed by atoms with E-state index < -0.39 is 11.8 Å². The fourth-order valence-electron chi connectivity index (χ4n) is 1.42. The zero-order valence-corrected chi connectivity index (χ0v) is 10.3. The van der Waals surface area contributed by atoms with Crippen molar-refractivity contribution in [2.45, 2.75) is 18.9 Å². The smallest absolute Gasteiger partial charge is 0.309 e. The van der Waals surface area contributed by atoms with Crippen LogP contribution in [-0.4, -0.2) is 31.0 Å². The molecule has 102 valence electrons. The highest BCUT2D eigenvalue weighted by Crippen LogP contribution is 2.18. The van der Waals surface area contributed by atoms with Crippen molar-refractivity contribution in [1.29, 1.82) is 0 Å². The van der Waals surface area contributed by atoms with Gasteiger partial charge in [-0.2, -0.15) is 0 Å². The highest BCUT2D eigenvalue weighted by atomic mass is 19.1. The SMILES string of the molecule is O=C(NCCOc1ccc(F)cc1)C(=O)NC1CC1. The van der Waals surface area contributed by atoms with Crippen LogP contribution in [0, 0.1) is 5.82 Å². The molecule has 0 bridgehead atoms. The minimum Gasteiger partial charge on any atom is -0.492 e. The maximum atomic E-state index is 12.6. The van der Waals surface area contributed by atoms with E-state index in [1.54, 1.807) is 0 Å². The molecule has 1 fully saturated rings. The van der Waals surface area contributed by atoms with Crippen LogP contribution < -0.4 is 15.4 Å². The van der Waals surface area contributed by atoms with Gasteiger partial charge in [0.25, 0.3) is 0 Å². The van der Waals surface area contributed by atoms with Crippen LogP contribution in [0.5, 0.6) is 5.75 Å². The first-order valence-corrected chi connectivity index (χ1v) is 6.12. The quantitative estimate of drug-likeness (QED) is 0.606. The number of halogens is 1. The van der Waals surface area contributed by atoms with Crippen molar-refractivity contribution in [3.8, 4) is 5.75 Å².